The Hall–Kier alpha value is -10.3. The van der Waals surface area contributed by atoms with Crippen LogP contribution in [0.2, 0.25) is 0 Å². The van der Waals surface area contributed by atoms with Gasteiger partial charge in [0.2, 0.25) is 29.5 Å². The number of aromatic nitrogens is 2. The maximum absolute atomic E-state index is 12.3. The molecule has 3 aromatic heterocycles. The quantitative estimate of drug-likeness (QED) is 0.0234. The highest BCUT2D eigenvalue weighted by molar-refractivity contribution is 8.14. The summed E-state index contributed by atoms with van der Waals surface area (Å²) in [6, 6.07) is 6.85. The van der Waals surface area contributed by atoms with Gasteiger partial charge in [0.25, 0.3) is 0 Å². The summed E-state index contributed by atoms with van der Waals surface area (Å²) in [6.07, 6.45) is 35.8. The zero-order valence-electron chi connectivity index (χ0n) is 78.2. The Morgan fingerprint density at radius 3 is 1.10 bits per heavy atom. The minimum atomic E-state index is -0.963. The standard InChI is InChI=1S/C21H30N2O3.C21H31NO4.C19H30N2O4.C19H30N2O3S.C19H28N2O3S/c1-5-15(3)8-7-9-16(4)18(6-2)19(21(25)26)14-20(24)23-17-10-12-22-13-11-17;1-5-15(3)9-7-10-16(4)18(6-2)19(21(24)25)13-20(23)22-14-17-11-8-12-26-17;1-5-13(3)8-7-9-14(4)15(6-2)16(19(23)24)12-18(22)20-17-10-11-25-21-17;2*1-5-13(3)8-7-9-14(4)15(6-2)16(18(23)24)12-17(22)21-19-20-10-11-25-19/h8,10-13,18-19H,4-7,9,14H2,1-3H3,(H,25,26)(H,22,23,24);8-9,11-12,18-19H,4-7,10,13-14H2,1-3H3,(H,22,23)(H,24,25);8,10-11,15-17,21H,4-7,9,12H2,1-3H3,(H,20,22)(H,23,24);8,15-16H,4-7,9-12H2,1-3H3,(H,23,24)(H,20,21,22);8,10-11,15-16H,4-7,9,12H2,1-3H3,(H,23,24)(H,20,21,22)/b15-8-;15-9-;3*13-8-. The molecule has 28 heteroatoms. The number of hydroxylamine groups is 1. The van der Waals surface area contributed by atoms with Crippen LogP contribution in [-0.2, 0) is 59.3 Å². The molecule has 0 radical (unpaired) electrons. The van der Waals surface area contributed by atoms with Crippen molar-refractivity contribution in [3.8, 4) is 0 Å². The molecule has 2 aliphatic rings. The first-order valence-corrected chi connectivity index (χ1v) is 46.6. The summed E-state index contributed by atoms with van der Waals surface area (Å²) in [5.41, 5.74) is 14.3. The van der Waals surface area contributed by atoms with Crippen molar-refractivity contribution >= 4 is 98.5 Å². The third-order valence-electron chi connectivity index (χ3n) is 22.8. The van der Waals surface area contributed by atoms with Crippen molar-refractivity contribution in [2.24, 2.45) is 64.2 Å². The Balaban J connectivity index is 0.000000794. The molecule has 0 fully saturated rings. The molecule has 2 aliphatic heterocycles. The van der Waals surface area contributed by atoms with Gasteiger partial charge in [-0.2, -0.15) is 0 Å². The lowest BCUT2D eigenvalue weighted by molar-refractivity contribution is -0.146. The summed E-state index contributed by atoms with van der Waals surface area (Å²) in [6.45, 7) is 52.2. The van der Waals surface area contributed by atoms with Gasteiger partial charge in [0.15, 0.2) is 10.3 Å². The van der Waals surface area contributed by atoms with Gasteiger partial charge in [-0.1, -0.05) is 200 Å². The normalized spacial score (nSPS) is 15.5. The minimum absolute atomic E-state index is 0.0454. The second kappa shape index (κ2) is 66.1. The maximum atomic E-state index is 12.3. The van der Waals surface area contributed by atoms with Crippen LogP contribution in [-0.4, -0.2) is 119 Å². The minimum Gasteiger partial charge on any atom is -0.481 e. The van der Waals surface area contributed by atoms with Crippen LogP contribution in [0.1, 0.15) is 270 Å². The molecule has 704 valence electrons. The van der Waals surface area contributed by atoms with Crippen LogP contribution in [0, 0.1) is 59.2 Å². The number of nitrogens with zero attached hydrogens (tertiary/aromatic N) is 3. The number of aliphatic carboxylic acids is 5. The summed E-state index contributed by atoms with van der Waals surface area (Å²) < 4.78 is 5.17. The number of rotatable bonds is 55. The van der Waals surface area contributed by atoms with E-state index in [1.807, 2.05) is 34.6 Å². The van der Waals surface area contributed by atoms with Gasteiger partial charge in [0.1, 0.15) is 18.2 Å². The number of amidine groups is 1. The molecule has 5 amide bonds. The Bertz CT molecular complexity index is 4180. The Labute approximate surface area is 764 Å². The van der Waals surface area contributed by atoms with Crippen molar-refractivity contribution in [1.29, 1.82) is 0 Å². The Morgan fingerprint density at radius 1 is 0.465 bits per heavy atom. The predicted octanol–water partition coefficient (Wildman–Crippen LogP) is 21.7. The van der Waals surface area contributed by atoms with Crippen LogP contribution in [0.15, 0.2) is 195 Å². The summed E-state index contributed by atoms with van der Waals surface area (Å²) >= 11 is 2.80. The van der Waals surface area contributed by atoms with Crippen molar-refractivity contribution in [2.75, 3.05) is 22.9 Å². The van der Waals surface area contributed by atoms with Crippen LogP contribution < -0.4 is 32.1 Å². The molecule has 11 atom stereocenters. The van der Waals surface area contributed by atoms with Crippen LogP contribution in [0.3, 0.4) is 0 Å². The van der Waals surface area contributed by atoms with E-state index < -0.39 is 65.6 Å². The Kier molecular flexibility index (Phi) is 59.7. The van der Waals surface area contributed by atoms with E-state index in [1.54, 1.807) is 54.3 Å². The van der Waals surface area contributed by atoms with Crippen molar-refractivity contribution in [3.05, 3.63) is 192 Å². The zero-order valence-corrected chi connectivity index (χ0v) is 79.8. The number of aliphatic imine (C=N–C) groups is 1. The SMILES string of the molecule is C=C(CC/C=C(/C)CC)C(CC)C(CC(=O)NC1=NCCS1)C(=O)O.C=C(CC/C=C(/C)CC)C(CC)C(CC(=O)NC1C=CON1)C(=O)O.C=C(CC/C=C(/C)CC)C(CC)C(CC(=O)NCc1ccco1)C(=O)O.C=C(CC/C=C(/C)CC)C(CC)C(CC(=O)Nc1ccncc1)C(=O)O.C=C(CC/C=C(/C)CC)C(CC)C(CC(=O)Nc1nccs1)C(=O)O. The number of carboxylic acid groups (broad SMARTS) is 5. The highest BCUT2D eigenvalue weighted by Crippen LogP contribution is 2.36. The van der Waals surface area contributed by atoms with Crippen LogP contribution in [0.5, 0.6) is 0 Å². The van der Waals surface area contributed by atoms with Crippen LogP contribution in [0.4, 0.5) is 10.8 Å². The fraction of sp³-hybridized carbons (Fsp3) is 0.545. The number of carbonyl (C=O) groups is 10. The Morgan fingerprint density at radius 2 is 0.811 bits per heavy atom. The highest BCUT2D eigenvalue weighted by atomic mass is 32.2. The lowest BCUT2D eigenvalue weighted by Crippen LogP contribution is -2.42. The number of hydrogen-bond acceptors (Lipinski definition) is 18. The first-order valence-electron chi connectivity index (χ1n) is 44.8. The molecule has 5 rings (SSSR count). The van der Waals surface area contributed by atoms with E-state index >= 15 is 0 Å². The number of pyridine rings is 1. The summed E-state index contributed by atoms with van der Waals surface area (Å²) in [5.74, 6) is -9.69. The number of nitrogens with one attached hydrogen (secondary N) is 6. The van der Waals surface area contributed by atoms with Gasteiger partial charge in [-0.25, -0.2) is 4.98 Å². The fourth-order valence-electron chi connectivity index (χ4n) is 14.4. The second-order valence-corrected chi connectivity index (χ2v) is 34.0. The molecule has 0 spiro atoms. The largest absolute Gasteiger partial charge is 0.481 e. The summed E-state index contributed by atoms with van der Waals surface area (Å²) in [7, 11) is 0. The number of hydrogen-bond donors (Lipinski definition) is 11. The van der Waals surface area contributed by atoms with E-state index in [0.717, 1.165) is 130 Å². The number of carboxylic acids is 5. The first kappa shape index (κ1) is 115. The van der Waals surface area contributed by atoms with Crippen molar-refractivity contribution < 1.29 is 82.7 Å². The van der Waals surface area contributed by atoms with E-state index in [-0.39, 0.29) is 97.8 Å². The van der Waals surface area contributed by atoms with Gasteiger partial charge in [0, 0.05) is 67.5 Å². The van der Waals surface area contributed by atoms with Crippen LogP contribution >= 0.6 is 23.1 Å². The molecular formula is C99H149N9O17S2. The first-order chi connectivity index (χ1) is 60.4. The van der Waals surface area contributed by atoms with Gasteiger partial charge in [-0.15, -0.1) is 16.8 Å². The average molecular weight is 1800 g/mol. The molecule has 26 nitrogen and oxygen atoms in total. The lowest BCUT2D eigenvalue weighted by atomic mass is 9.80. The number of thioether (sulfide) groups is 1. The second-order valence-electron chi connectivity index (χ2n) is 32.0. The third kappa shape index (κ3) is 47.9. The van der Waals surface area contributed by atoms with Crippen molar-refractivity contribution in [1.82, 2.24) is 31.4 Å². The van der Waals surface area contributed by atoms with E-state index in [9.17, 15) is 73.5 Å². The monoisotopic (exact) mass is 1800 g/mol. The van der Waals surface area contributed by atoms with Gasteiger partial charge in [-0.05, 0) is 223 Å². The van der Waals surface area contributed by atoms with Gasteiger partial charge in [0.05, 0.1) is 48.9 Å². The zero-order chi connectivity index (χ0) is 95.5. The van der Waals surface area contributed by atoms with E-state index in [1.165, 1.54) is 63.5 Å². The number of anilines is 2. The van der Waals surface area contributed by atoms with E-state index in [2.05, 4.69) is 180 Å². The molecule has 5 heterocycles. The summed E-state index contributed by atoms with van der Waals surface area (Å²) in [4.78, 5) is 137. The molecule has 0 saturated carbocycles. The van der Waals surface area contributed by atoms with E-state index in [0.29, 0.717) is 60.4 Å². The molecule has 127 heavy (non-hydrogen) atoms. The lowest BCUT2D eigenvalue weighted by Gasteiger charge is -2.25. The molecule has 3 aromatic rings. The number of amides is 5. The van der Waals surface area contributed by atoms with Gasteiger partial charge < -0.3 is 61.4 Å². The van der Waals surface area contributed by atoms with Crippen molar-refractivity contribution in [3.63, 3.8) is 0 Å². The molecular weight excluding hydrogens is 1650 g/mol. The summed E-state index contributed by atoms with van der Waals surface area (Å²) in [5, 5.41) is 64.4. The molecule has 11 N–H and O–H groups in total. The predicted molar refractivity (Wildman–Crippen MR) is 512 cm³/mol. The number of carbonyl (C=O) groups excluding carboxylic acids is 5. The third-order valence-corrected chi connectivity index (χ3v) is 24.4. The highest BCUT2D eigenvalue weighted by Gasteiger charge is 2.36. The van der Waals surface area contributed by atoms with Gasteiger partial charge >= 0.3 is 29.8 Å². The van der Waals surface area contributed by atoms with Gasteiger partial charge in [-0.3, -0.25) is 57.9 Å². The van der Waals surface area contributed by atoms with Crippen LogP contribution in [0.25, 0.3) is 0 Å². The molecule has 11 unspecified atom stereocenters. The average Bonchev–Trinajstić information content (AvgIpc) is 1.81. The molecule has 0 aromatic carbocycles. The molecule has 0 bridgehead atoms. The van der Waals surface area contributed by atoms with Crippen molar-refractivity contribution in [2.45, 2.75) is 277 Å². The fourth-order valence-corrected chi connectivity index (χ4v) is 15.7. The topological polar surface area (TPSA) is 405 Å². The smallest absolute Gasteiger partial charge is 0.307 e. The molecule has 0 saturated heterocycles. The molecule has 0 aliphatic carbocycles. The van der Waals surface area contributed by atoms with E-state index in [4.69, 9.17) is 9.25 Å². The maximum Gasteiger partial charge on any atom is 0.307 e. The number of thiazole rings is 1. The number of furan rings is 1. The number of allylic oxidation sites excluding steroid dienone is 15.